The van der Waals surface area contributed by atoms with Crippen LogP contribution < -0.4 is 10.2 Å². The van der Waals surface area contributed by atoms with Crippen LogP contribution in [0.15, 0.2) is 48.9 Å². The molecule has 2 fully saturated rings. The number of hydrogen-bond donors (Lipinski definition) is 1. The van der Waals surface area contributed by atoms with E-state index in [0.29, 0.717) is 42.6 Å². The minimum atomic E-state index is -0.758. The molecular weight excluding hydrogens is 570 g/mol. The number of nitrogens with one attached hydrogen (secondary N) is 1. The molecule has 0 bridgehead atoms. The molecule has 236 valence electrons. The average Bonchev–Trinajstić information content (AvgIpc) is 3.71. The molecule has 3 aromatic rings. The lowest BCUT2D eigenvalue weighted by Gasteiger charge is -2.27. The summed E-state index contributed by atoms with van der Waals surface area (Å²) in [5.41, 5.74) is 2.42. The summed E-state index contributed by atoms with van der Waals surface area (Å²) in [7, 11) is 0. The molecule has 0 radical (unpaired) electrons. The highest BCUT2D eigenvalue weighted by Crippen LogP contribution is 2.43. The highest BCUT2D eigenvalue weighted by Gasteiger charge is 2.32. The molecule has 2 amide bonds. The summed E-state index contributed by atoms with van der Waals surface area (Å²) in [6.45, 7) is 13.0. The summed E-state index contributed by atoms with van der Waals surface area (Å²) in [5, 5.41) is 13.0. The molecule has 1 saturated heterocycles. The van der Waals surface area contributed by atoms with Gasteiger partial charge in [-0.25, -0.2) is 24.5 Å². The molecule has 0 spiro atoms. The Balaban J connectivity index is 1.40. The van der Waals surface area contributed by atoms with Crippen molar-refractivity contribution in [1.29, 1.82) is 5.26 Å². The molecule has 1 saturated carbocycles. The van der Waals surface area contributed by atoms with Crippen molar-refractivity contribution < 1.29 is 19.1 Å². The van der Waals surface area contributed by atoms with Gasteiger partial charge in [0.25, 0.3) is 0 Å². The fraction of sp³-hybridized carbons (Fsp3) is 0.471. The molecule has 0 aromatic carbocycles. The molecule has 5 rings (SSSR count). The van der Waals surface area contributed by atoms with E-state index in [4.69, 9.17) is 14.5 Å². The van der Waals surface area contributed by atoms with Gasteiger partial charge in [-0.3, -0.25) is 4.98 Å². The van der Waals surface area contributed by atoms with Crippen LogP contribution in [0.1, 0.15) is 77.8 Å². The number of carbonyl (C=O) groups excluding carboxylic acids is 2. The number of nitriles is 1. The van der Waals surface area contributed by atoms with Gasteiger partial charge in [0.15, 0.2) is 0 Å². The van der Waals surface area contributed by atoms with E-state index >= 15 is 0 Å². The molecule has 4 heterocycles. The van der Waals surface area contributed by atoms with E-state index in [1.165, 1.54) is 11.1 Å². The van der Waals surface area contributed by atoms with Crippen LogP contribution in [0, 0.1) is 17.2 Å². The molecule has 0 unspecified atom stereocenters. The first-order chi connectivity index (χ1) is 21.3. The lowest BCUT2D eigenvalue weighted by Crippen LogP contribution is -2.35. The predicted octanol–water partition coefficient (Wildman–Crippen LogP) is 7.03. The molecule has 3 aromatic heterocycles. The van der Waals surface area contributed by atoms with Gasteiger partial charge in [0.1, 0.15) is 22.8 Å². The number of rotatable bonds is 7. The van der Waals surface area contributed by atoms with Gasteiger partial charge in [-0.15, -0.1) is 0 Å². The molecule has 45 heavy (non-hydrogen) atoms. The summed E-state index contributed by atoms with van der Waals surface area (Å²) in [6.07, 6.45) is 7.09. The van der Waals surface area contributed by atoms with Crippen molar-refractivity contribution in [2.45, 2.75) is 77.9 Å². The van der Waals surface area contributed by atoms with E-state index in [-0.39, 0.29) is 17.8 Å². The highest BCUT2D eigenvalue weighted by molar-refractivity contribution is 5.94. The smallest absolute Gasteiger partial charge is 0.421 e. The molecule has 2 aliphatic rings. The predicted molar refractivity (Wildman–Crippen MR) is 171 cm³/mol. The Labute approximate surface area is 264 Å². The fourth-order valence-electron chi connectivity index (χ4n) is 5.10. The first kappa shape index (κ1) is 31.7. The zero-order chi connectivity index (χ0) is 32.4. The average molecular weight is 612 g/mol. The maximum atomic E-state index is 13.6. The number of ether oxygens (including phenoxy) is 2. The third-order valence-corrected chi connectivity index (χ3v) is 7.36. The SMILES string of the molecule is CC(C)(C)OC(=O)N1CC[C@H](CNc2cncc(-c3cc(C4CC4)cc(N(C(=O)OC(C)(C)C)c4cc(C#N)ccn4)n3)c2)C1. The molecular formula is C34H41N7O4. The van der Waals surface area contributed by atoms with E-state index in [0.717, 1.165) is 36.1 Å². The summed E-state index contributed by atoms with van der Waals surface area (Å²) in [4.78, 5) is 42.9. The van der Waals surface area contributed by atoms with Crippen molar-refractivity contribution in [2.75, 3.05) is 29.9 Å². The van der Waals surface area contributed by atoms with E-state index < -0.39 is 17.3 Å². The second-order valence-corrected chi connectivity index (χ2v) is 13.7. The van der Waals surface area contributed by atoms with Crippen LogP contribution in [0.4, 0.5) is 26.9 Å². The van der Waals surface area contributed by atoms with Crippen LogP contribution in [0.5, 0.6) is 0 Å². The summed E-state index contributed by atoms with van der Waals surface area (Å²) in [5.74, 6) is 1.26. The van der Waals surface area contributed by atoms with Crippen LogP contribution in [0.3, 0.4) is 0 Å². The number of carbonyl (C=O) groups is 2. The third-order valence-electron chi connectivity index (χ3n) is 7.36. The Hall–Kier alpha value is -4.72. The van der Waals surface area contributed by atoms with E-state index in [9.17, 15) is 14.9 Å². The van der Waals surface area contributed by atoms with Gasteiger partial charge in [-0.1, -0.05) is 0 Å². The van der Waals surface area contributed by atoms with Gasteiger partial charge in [-0.05, 0) is 109 Å². The van der Waals surface area contributed by atoms with Crippen molar-refractivity contribution in [3.8, 4) is 17.3 Å². The van der Waals surface area contributed by atoms with E-state index in [2.05, 4.69) is 21.4 Å². The molecule has 1 aliphatic carbocycles. The van der Waals surface area contributed by atoms with Crippen LogP contribution in [-0.4, -0.2) is 62.9 Å². The Morgan fingerprint density at radius 1 is 1.02 bits per heavy atom. The van der Waals surface area contributed by atoms with Gasteiger partial charge < -0.3 is 19.7 Å². The van der Waals surface area contributed by atoms with Gasteiger partial charge in [0.2, 0.25) is 0 Å². The molecule has 11 nitrogen and oxygen atoms in total. The first-order valence-corrected chi connectivity index (χ1v) is 15.4. The third kappa shape index (κ3) is 8.47. The van der Waals surface area contributed by atoms with Gasteiger partial charge in [0.05, 0.1) is 23.0 Å². The van der Waals surface area contributed by atoms with E-state index in [1.807, 2.05) is 39.0 Å². The molecule has 11 heteroatoms. The van der Waals surface area contributed by atoms with Crippen molar-refractivity contribution in [1.82, 2.24) is 19.9 Å². The Morgan fingerprint density at radius 2 is 1.78 bits per heavy atom. The number of amides is 2. The van der Waals surface area contributed by atoms with Gasteiger partial charge in [0, 0.05) is 43.8 Å². The zero-order valence-electron chi connectivity index (χ0n) is 26.8. The second-order valence-electron chi connectivity index (χ2n) is 13.7. The maximum absolute atomic E-state index is 13.6. The van der Waals surface area contributed by atoms with Crippen molar-refractivity contribution in [3.63, 3.8) is 0 Å². The number of nitrogens with zero attached hydrogens (tertiary/aromatic N) is 6. The molecule has 1 N–H and O–H groups in total. The standard InChI is InChI=1S/C34H41N7O4/c1-33(2,3)44-31(42)40-12-10-23(21-40)18-38-27-14-26(19-36-20-27)28-15-25(24-7-8-24)16-30(39-28)41(32(43)45-34(4,5)6)29-13-22(17-35)9-11-37-29/h9,11,13-16,19-20,23-24,38H,7-8,10,12,18,21H2,1-6H3/t23-/m1/s1. The van der Waals surface area contributed by atoms with Crippen LogP contribution in [0.25, 0.3) is 11.3 Å². The number of anilines is 3. The number of hydrogen-bond acceptors (Lipinski definition) is 9. The van der Waals surface area contributed by atoms with Crippen LogP contribution in [0.2, 0.25) is 0 Å². The lowest BCUT2D eigenvalue weighted by molar-refractivity contribution is 0.0288. The second kappa shape index (κ2) is 12.7. The Kier molecular flexibility index (Phi) is 8.96. The molecule has 1 atom stereocenters. The molecule has 1 aliphatic heterocycles. The highest BCUT2D eigenvalue weighted by atomic mass is 16.6. The van der Waals surface area contributed by atoms with Crippen LogP contribution >= 0.6 is 0 Å². The van der Waals surface area contributed by atoms with Gasteiger partial charge in [-0.2, -0.15) is 5.26 Å². The zero-order valence-corrected chi connectivity index (χ0v) is 26.8. The minimum absolute atomic E-state index is 0.250. The number of pyridine rings is 3. The van der Waals surface area contributed by atoms with Crippen molar-refractivity contribution in [2.24, 2.45) is 5.92 Å². The normalized spacial score (nSPS) is 16.6. The summed E-state index contributed by atoms with van der Waals surface area (Å²) < 4.78 is 11.3. The Bertz CT molecular complexity index is 1600. The Morgan fingerprint density at radius 3 is 2.47 bits per heavy atom. The number of likely N-dealkylation sites (tertiary alicyclic amines) is 1. The largest absolute Gasteiger partial charge is 0.444 e. The first-order valence-electron chi connectivity index (χ1n) is 15.4. The minimum Gasteiger partial charge on any atom is -0.444 e. The summed E-state index contributed by atoms with van der Waals surface area (Å²) >= 11 is 0. The fourth-order valence-corrected chi connectivity index (χ4v) is 5.10. The van der Waals surface area contributed by atoms with Crippen LogP contribution in [-0.2, 0) is 9.47 Å². The quantitative estimate of drug-likeness (QED) is 0.299. The van der Waals surface area contributed by atoms with Crippen molar-refractivity contribution in [3.05, 3.63) is 60.0 Å². The number of aromatic nitrogens is 3. The lowest BCUT2D eigenvalue weighted by atomic mass is 10.1. The van der Waals surface area contributed by atoms with E-state index in [1.54, 1.807) is 50.2 Å². The maximum Gasteiger partial charge on any atom is 0.421 e. The van der Waals surface area contributed by atoms with Crippen molar-refractivity contribution >= 4 is 29.5 Å². The monoisotopic (exact) mass is 611 g/mol. The topological polar surface area (TPSA) is 134 Å². The summed E-state index contributed by atoms with van der Waals surface area (Å²) in [6, 6.07) is 11.2. The van der Waals surface area contributed by atoms with Gasteiger partial charge >= 0.3 is 12.2 Å².